The van der Waals surface area contributed by atoms with E-state index in [0.29, 0.717) is 5.56 Å². The fourth-order valence-corrected chi connectivity index (χ4v) is 1.45. The second-order valence-electron chi connectivity index (χ2n) is 3.97. The molecule has 0 bridgehead atoms. The second-order valence-corrected chi connectivity index (χ2v) is 3.97. The van der Waals surface area contributed by atoms with E-state index in [9.17, 15) is 13.2 Å². The molecule has 0 spiro atoms. The van der Waals surface area contributed by atoms with Crippen LogP contribution >= 0.6 is 0 Å². The molecule has 0 amide bonds. The van der Waals surface area contributed by atoms with Crippen LogP contribution in [0.5, 0.6) is 5.88 Å². The Morgan fingerprint density at radius 2 is 2.00 bits per heavy atom. The van der Waals surface area contributed by atoms with Gasteiger partial charge in [-0.15, -0.1) is 0 Å². The molecule has 19 heavy (non-hydrogen) atoms. The van der Waals surface area contributed by atoms with Crippen LogP contribution in [-0.2, 0) is 12.8 Å². The van der Waals surface area contributed by atoms with Crippen LogP contribution in [0.1, 0.15) is 16.8 Å². The number of halogens is 3. The molecule has 2 aromatic rings. The maximum atomic E-state index is 12.5. The lowest BCUT2D eigenvalue weighted by molar-refractivity contribution is -0.141. The highest BCUT2D eigenvalue weighted by Gasteiger charge is 2.33. The summed E-state index contributed by atoms with van der Waals surface area (Å²) in [6, 6.07) is 5.78. The summed E-state index contributed by atoms with van der Waals surface area (Å²) in [4.78, 5) is 7.39. The topological polar surface area (TPSA) is 35.0 Å². The third-order valence-electron chi connectivity index (χ3n) is 2.44. The Morgan fingerprint density at radius 3 is 2.63 bits per heavy atom. The van der Waals surface area contributed by atoms with Gasteiger partial charge in [-0.25, -0.2) is 4.98 Å². The average Bonchev–Trinajstić information content (AvgIpc) is 2.37. The quantitative estimate of drug-likeness (QED) is 0.856. The number of alkyl halides is 3. The number of hydrogen-bond donors (Lipinski definition) is 0. The van der Waals surface area contributed by atoms with E-state index in [4.69, 9.17) is 4.74 Å². The van der Waals surface area contributed by atoms with E-state index >= 15 is 0 Å². The number of pyridine rings is 2. The first-order valence-corrected chi connectivity index (χ1v) is 5.53. The molecular weight excluding hydrogens is 257 g/mol. The van der Waals surface area contributed by atoms with Crippen LogP contribution < -0.4 is 4.74 Å². The van der Waals surface area contributed by atoms with Crippen LogP contribution in [0.15, 0.2) is 36.7 Å². The first-order chi connectivity index (χ1) is 8.97. The van der Waals surface area contributed by atoms with E-state index in [0.717, 1.165) is 11.6 Å². The van der Waals surface area contributed by atoms with Crippen molar-refractivity contribution < 1.29 is 17.9 Å². The lowest BCUT2D eigenvalue weighted by Crippen LogP contribution is -2.10. The predicted molar refractivity (Wildman–Crippen MR) is 62.5 cm³/mol. The molecule has 100 valence electrons. The zero-order valence-corrected chi connectivity index (χ0v) is 10.1. The van der Waals surface area contributed by atoms with Crippen molar-refractivity contribution in [2.75, 3.05) is 0 Å². The molecule has 2 heterocycles. The summed E-state index contributed by atoms with van der Waals surface area (Å²) in [5.74, 6) is -0.0151. The standard InChI is InChI=1S/C13H11F3N2O/c1-9-4-5-11(13(14,15)16)18-12(9)19-8-10-3-2-6-17-7-10/h2-7H,8H2,1H3. The molecule has 6 heteroatoms. The van der Waals surface area contributed by atoms with E-state index in [1.165, 1.54) is 6.07 Å². The van der Waals surface area contributed by atoms with Crippen LogP contribution in [0.3, 0.4) is 0 Å². The number of aromatic nitrogens is 2. The monoisotopic (exact) mass is 268 g/mol. The Morgan fingerprint density at radius 1 is 1.21 bits per heavy atom. The van der Waals surface area contributed by atoms with E-state index < -0.39 is 11.9 Å². The molecule has 0 aliphatic rings. The highest BCUT2D eigenvalue weighted by molar-refractivity contribution is 5.28. The number of aryl methyl sites for hydroxylation is 1. The maximum absolute atomic E-state index is 12.5. The van der Waals surface area contributed by atoms with E-state index in [1.807, 2.05) is 0 Å². The van der Waals surface area contributed by atoms with Gasteiger partial charge in [0.1, 0.15) is 12.3 Å². The zero-order chi connectivity index (χ0) is 13.9. The molecule has 0 aliphatic heterocycles. The normalized spacial score (nSPS) is 11.4. The molecule has 0 aromatic carbocycles. The number of rotatable bonds is 3. The Labute approximate surface area is 108 Å². The van der Waals surface area contributed by atoms with Crippen molar-refractivity contribution in [3.8, 4) is 5.88 Å². The van der Waals surface area contributed by atoms with Gasteiger partial charge < -0.3 is 4.74 Å². The first-order valence-electron chi connectivity index (χ1n) is 5.53. The van der Waals surface area contributed by atoms with E-state index in [-0.39, 0.29) is 12.5 Å². The molecule has 0 saturated heterocycles. The van der Waals surface area contributed by atoms with Crippen molar-refractivity contribution in [3.63, 3.8) is 0 Å². The van der Waals surface area contributed by atoms with Gasteiger partial charge in [0.05, 0.1) is 0 Å². The molecular formula is C13H11F3N2O. The minimum Gasteiger partial charge on any atom is -0.473 e. The highest BCUT2D eigenvalue weighted by Crippen LogP contribution is 2.30. The number of hydrogen-bond acceptors (Lipinski definition) is 3. The van der Waals surface area contributed by atoms with Gasteiger partial charge in [0, 0.05) is 23.5 Å². The van der Waals surface area contributed by atoms with Gasteiger partial charge in [0.2, 0.25) is 5.88 Å². The summed E-state index contributed by atoms with van der Waals surface area (Å²) in [6.07, 6.45) is -1.28. The Hall–Kier alpha value is -2.11. The van der Waals surface area contributed by atoms with Gasteiger partial charge >= 0.3 is 6.18 Å². The molecule has 0 N–H and O–H groups in total. The lowest BCUT2D eigenvalue weighted by atomic mass is 10.2. The van der Waals surface area contributed by atoms with E-state index in [1.54, 1.807) is 31.5 Å². The summed E-state index contributed by atoms with van der Waals surface area (Å²) in [6.45, 7) is 1.77. The van der Waals surface area contributed by atoms with Gasteiger partial charge in [0.15, 0.2) is 0 Å². The average molecular weight is 268 g/mol. The van der Waals surface area contributed by atoms with Crippen molar-refractivity contribution in [2.45, 2.75) is 19.7 Å². The van der Waals surface area contributed by atoms with Crippen molar-refractivity contribution in [1.29, 1.82) is 0 Å². The number of ether oxygens (including phenoxy) is 1. The lowest BCUT2D eigenvalue weighted by Gasteiger charge is -2.11. The van der Waals surface area contributed by atoms with Crippen LogP contribution in [-0.4, -0.2) is 9.97 Å². The van der Waals surface area contributed by atoms with Crippen LogP contribution in [0.25, 0.3) is 0 Å². The summed E-state index contributed by atoms with van der Waals surface area (Å²) < 4.78 is 42.9. The summed E-state index contributed by atoms with van der Waals surface area (Å²) in [5, 5.41) is 0. The third-order valence-corrected chi connectivity index (χ3v) is 2.44. The van der Waals surface area contributed by atoms with Gasteiger partial charge in [-0.1, -0.05) is 12.1 Å². The van der Waals surface area contributed by atoms with Crippen LogP contribution in [0, 0.1) is 6.92 Å². The Balaban J connectivity index is 2.16. The summed E-state index contributed by atoms with van der Waals surface area (Å²) >= 11 is 0. The first kappa shape index (κ1) is 13.3. The molecule has 3 nitrogen and oxygen atoms in total. The summed E-state index contributed by atoms with van der Waals surface area (Å²) in [5.41, 5.74) is 0.359. The van der Waals surface area contributed by atoms with Gasteiger partial charge in [-0.2, -0.15) is 13.2 Å². The van der Waals surface area contributed by atoms with Crippen molar-refractivity contribution in [2.24, 2.45) is 0 Å². The summed E-state index contributed by atoms with van der Waals surface area (Å²) in [7, 11) is 0. The maximum Gasteiger partial charge on any atom is 0.433 e. The molecule has 0 radical (unpaired) electrons. The Bertz CT molecular complexity index is 556. The van der Waals surface area contributed by atoms with Crippen molar-refractivity contribution >= 4 is 0 Å². The molecule has 0 saturated carbocycles. The fraction of sp³-hybridized carbons (Fsp3) is 0.231. The molecule has 2 rings (SSSR count). The van der Waals surface area contributed by atoms with Crippen molar-refractivity contribution in [3.05, 3.63) is 53.5 Å². The van der Waals surface area contributed by atoms with Crippen LogP contribution in [0.4, 0.5) is 13.2 Å². The minimum atomic E-state index is -4.47. The second kappa shape index (κ2) is 5.26. The zero-order valence-electron chi connectivity index (χ0n) is 10.1. The minimum absolute atomic E-state index is 0.0151. The molecule has 2 aromatic heterocycles. The largest absolute Gasteiger partial charge is 0.473 e. The van der Waals surface area contributed by atoms with E-state index in [2.05, 4.69) is 9.97 Å². The molecule has 0 atom stereocenters. The van der Waals surface area contributed by atoms with Gasteiger partial charge in [-0.3, -0.25) is 4.98 Å². The highest BCUT2D eigenvalue weighted by atomic mass is 19.4. The SMILES string of the molecule is Cc1ccc(C(F)(F)F)nc1OCc1cccnc1. The predicted octanol–water partition coefficient (Wildman–Crippen LogP) is 3.38. The molecule has 0 aliphatic carbocycles. The Kier molecular flexibility index (Phi) is 3.69. The van der Waals surface area contributed by atoms with Crippen LogP contribution in [0.2, 0.25) is 0 Å². The number of nitrogens with zero attached hydrogens (tertiary/aromatic N) is 2. The molecule has 0 fully saturated rings. The van der Waals surface area contributed by atoms with Gasteiger partial charge in [-0.05, 0) is 19.1 Å². The third kappa shape index (κ3) is 3.43. The fourth-order valence-electron chi connectivity index (χ4n) is 1.45. The molecule has 0 unspecified atom stereocenters. The van der Waals surface area contributed by atoms with Crippen molar-refractivity contribution in [1.82, 2.24) is 9.97 Å². The smallest absolute Gasteiger partial charge is 0.433 e. The van der Waals surface area contributed by atoms with Gasteiger partial charge in [0.25, 0.3) is 0 Å².